The first-order valence-corrected chi connectivity index (χ1v) is 8.13. The van der Waals surface area contributed by atoms with Crippen molar-refractivity contribution in [2.24, 2.45) is 0 Å². The third-order valence-corrected chi connectivity index (χ3v) is 3.66. The highest BCUT2D eigenvalue weighted by Crippen LogP contribution is 2.23. The van der Waals surface area contributed by atoms with E-state index < -0.39 is 18.4 Å². The van der Waals surface area contributed by atoms with Gasteiger partial charge in [-0.05, 0) is 17.7 Å². The van der Waals surface area contributed by atoms with Gasteiger partial charge in [0.1, 0.15) is 5.82 Å². The van der Waals surface area contributed by atoms with Crippen molar-refractivity contribution in [3.05, 3.63) is 53.9 Å². The van der Waals surface area contributed by atoms with E-state index in [1.165, 1.54) is 31.5 Å². The topological polar surface area (TPSA) is 106 Å². The number of hydrogen-bond acceptors (Lipinski definition) is 7. The Bertz CT molecular complexity index is 931. The van der Waals surface area contributed by atoms with E-state index in [0.717, 1.165) is 0 Å². The SMILES string of the molecule is CC(=O)NCC(Nc1ncc(-c2nnc(C(F)F)o2)cn1)c1ccc(F)cc1. The van der Waals surface area contributed by atoms with Crippen LogP contribution < -0.4 is 10.6 Å². The van der Waals surface area contributed by atoms with Crippen LogP contribution in [-0.2, 0) is 4.79 Å². The molecule has 0 spiro atoms. The Kier molecular flexibility index (Phi) is 5.82. The van der Waals surface area contributed by atoms with Crippen molar-refractivity contribution in [1.82, 2.24) is 25.5 Å². The van der Waals surface area contributed by atoms with E-state index in [1.807, 2.05) is 0 Å². The van der Waals surface area contributed by atoms with Gasteiger partial charge in [-0.2, -0.15) is 8.78 Å². The Morgan fingerprint density at radius 1 is 1.14 bits per heavy atom. The van der Waals surface area contributed by atoms with Crippen molar-refractivity contribution in [3.8, 4) is 11.5 Å². The van der Waals surface area contributed by atoms with Gasteiger partial charge >= 0.3 is 6.43 Å². The van der Waals surface area contributed by atoms with E-state index in [2.05, 4.69) is 30.8 Å². The van der Waals surface area contributed by atoms with Gasteiger partial charge in [0.25, 0.3) is 11.8 Å². The highest BCUT2D eigenvalue weighted by molar-refractivity contribution is 5.72. The number of carbonyl (C=O) groups excluding carboxylic acids is 1. The van der Waals surface area contributed by atoms with Crippen LogP contribution in [0.1, 0.15) is 30.8 Å². The van der Waals surface area contributed by atoms with Crippen LogP contribution in [0.15, 0.2) is 41.1 Å². The summed E-state index contributed by atoms with van der Waals surface area (Å²) >= 11 is 0. The van der Waals surface area contributed by atoms with Crippen molar-refractivity contribution < 1.29 is 22.4 Å². The lowest BCUT2D eigenvalue weighted by molar-refractivity contribution is -0.119. The fourth-order valence-electron chi connectivity index (χ4n) is 2.30. The third-order valence-electron chi connectivity index (χ3n) is 3.66. The standard InChI is InChI=1S/C17H15F3N6O2/c1-9(27)21-8-13(10-2-4-12(18)5-3-10)24-17-22-6-11(7-23-17)15-25-26-16(28-15)14(19)20/h2-7,13-14H,8H2,1H3,(H,21,27)(H,22,23,24). The van der Waals surface area contributed by atoms with Crippen molar-refractivity contribution in [2.75, 3.05) is 11.9 Å². The van der Waals surface area contributed by atoms with E-state index in [4.69, 9.17) is 4.42 Å². The van der Waals surface area contributed by atoms with Crippen LogP contribution in [0.4, 0.5) is 19.1 Å². The quantitative estimate of drug-likeness (QED) is 0.637. The van der Waals surface area contributed by atoms with Crippen LogP contribution in [0.3, 0.4) is 0 Å². The number of rotatable bonds is 7. The number of anilines is 1. The fourth-order valence-corrected chi connectivity index (χ4v) is 2.30. The van der Waals surface area contributed by atoms with Crippen LogP contribution in [0.25, 0.3) is 11.5 Å². The zero-order chi connectivity index (χ0) is 20.1. The number of benzene rings is 1. The number of amides is 1. The number of carbonyl (C=O) groups is 1. The van der Waals surface area contributed by atoms with Gasteiger partial charge in [-0.15, -0.1) is 10.2 Å². The lowest BCUT2D eigenvalue weighted by Crippen LogP contribution is -2.30. The molecule has 1 unspecified atom stereocenters. The molecule has 3 rings (SSSR count). The van der Waals surface area contributed by atoms with E-state index >= 15 is 0 Å². The van der Waals surface area contributed by atoms with Gasteiger partial charge in [0, 0.05) is 25.9 Å². The molecule has 0 aliphatic rings. The number of nitrogens with zero attached hydrogens (tertiary/aromatic N) is 4. The van der Waals surface area contributed by atoms with Gasteiger partial charge in [0.15, 0.2) is 0 Å². The first-order valence-electron chi connectivity index (χ1n) is 8.13. The average Bonchev–Trinajstić information content (AvgIpc) is 3.17. The molecule has 0 aliphatic carbocycles. The van der Waals surface area contributed by atoms with Gasteiger partial charge in [0.05, 0.1) is 11.6 Å². The minimum Gasteiger partial charge on any atom is -0.415 e. The third kappa shape index (κ3) is 4.81. The zero-order valence-electron chi connectivity index (χ0n) is 14.6. The van der Waals surface area contributed by atoms with Gasteiger partial charge in [-0.1, -0.05) is 12.1 Å². The molecule has 8 nitrogen and oxygen atoms in total. The van der Waals surface area contributed by atoms with Crippen molar-refractivity contribution in [1.29, 1.82) is 0 Å². The van der Waals surface area contributed by atoms with Gasteiger partial charge in [-0.3, -0.25) is 4.79 Å². The molecule has 146 valence electrons. The van der Waals surface area contributed by atoms with E-state index in [-0.39, 0.29) is 35.7 Å². The van der Waals surface area contributed by atoms with E-state index in [0.29, 0.717) is 5.56 Å². The van der Waals surface area contributed by atoms with Crippen LogP contribution in [-0.4, -0.2) is 32.6 Å². The molecular weight excluding hydrogens is 377 g/mol. The number of alkyl halides is 2. The van der Waals surface area contributed by atoms with Crippen molar-refractivity contribution in [2.45, 2.75) is 19.4 Å². The molecule has 11 heteroatoms. The van der Waals surface area contributed by atoms with Crippen molar-refractivity contribution >= 4 is 11.9 Å². The first kappa shape index (κ1) is 19.3. The maximum Gasteiger partial charge on any atom is 0.314 e. The largest absolute Gasteiger partial charge is 0.415 e. The summed E-state index contributed by atoms with van der Waals surface area (Å²) in [5, 5.41) is 12.5. The van der Waals surface area contributed by atoms with Gasteiger partial charge < -0.3 is 15.1 Å². The van der Waals surface area contributed by atoms with Crippen LogP contribution in [0, 0.1) is 5.82 Å². The second-order valence-corrected chi connectivity index (χ2v) is 5.73. The molecule has 0 fully saturated rings. The number of halogens is 3. The second-order valence-electron chi connectivity index (χ2n) is 5.73. The first-order chi connectivity index (χ1) is 13.4. The Morgan fingerprint density at radius 2 is 1.82 bits per heavy atom. The Hall–Kier alpha value is -3.50. The minimum absolute atomic E-state index is 0.129. The van der Waals surface area contributed by atoms with E-state index in [9.17, 15) is 18.0 Å². The summed E-state index contributed by atoms with van der Waals surface area (Å²) in [7, 11) is 0. The predicted octanol–water partition coefficient (Wildman–Crippen LogP) is 2.89. The molecule has 3 aromatic rings. The smallest absolute Gasteiger partial charge is 0.314 e. The van der Waals surface area contributed by atoms with Crippen LogP contribution in [0.5, 0.6) is 0 Å². The molecule has 0 saturated carbocycles. The molecule has 0 radical (unpaired) electrons. The summed E-state index contributed by atoms with van der Waals surface area (Å²) in [6.45, 7) is 1.60. The average molecular weight is 392 g/mol. The van der Waals surface area contributed by atoms with E-state index in [1.54, 1.807) is 12.1 Å². The predicted molar refractivity (Wildman–Crippen MR) is 91.7 cm³/mol. The zero-order valence-corrected chi connectivity index (χ0v) is 14.6. The fraction of sp³-hybridized carbons (Fsp3) is 0.235. The molecule has 0 saturated heterocycles. The number of hydrogen-bond donors (Lipinski definition) is 2. The maximum absolute atomic E-state index is 13.2. The summed E-state index contributed by atoms with van der Waals surface area (Å²) in [4.78, 5) is 19.4. The lowest BCUT2D eigenvalue weighted by Gasteiger charge is -2.19. The summed E-state index contributed by atoms with van der Waals surface area (Å²) in [5.41, 5.74) is 0.978. The number of nitrogens with one attached hydrogen (secondary N) is 2. The Morgan fingerprint density at radius 3 is 2.39 bits per heavy atom. The molecule has 2 heterocycles. The molecule has 1 amide bonds. The van der Waals surface area contributed by atoms with Gasteiger partial charge in [0.2, 0.25) is 11.9 Å². The molecular formula is C17H15F3N6O2. The summed E-state index contributed by atoms with van der Waals surface area (Å²) in [6.07, 6.45) is -0.204. The molecule has 0 bridgehead atoms. The normalized spacial score (nSPS) is 12.0. The maximum atomic E-state index is 13.2. The monoisotopic (exact) mass is 392 g/mol. The summed E-state index contributed by atoms with van der Waals surface area (Å²) < 4.78 is 43.1. The molecule has 2 aromatic heterocycles. The molecule has 0 aliphatic heterocycles. The van der Waals surface area contributed by atoms with Crippen LogP contribution in [0.2, 0.25) is 0 Å². The molecule has 1 atom stereocenters. The summed E-state index contributed by atoms with van der Waals surface area (Å²) in [5.74, 6) is -1.32. The number of aromatic nitrogens is 4. The summed E-state index contributed by atoms with van der Waals surface area (Å²) in [6, 6.07) is 5.33. The highest BCUT2D eigenvalue weighted by Gasteiger charge is 2.18. The lowest BCUT2D eigenvalue weighted by atomic mass is 10.1. The van der Waals surface area contributed by atoms with Gasteiger partial charge in [-0.25, -0.2) is 14.4 Å². The van der Waals surface area contributed by atoms with Crippen LogP contribution >= 0.6 is 0 Å². The molecule has 28 heavy (non-hydrogen) atoms. The Labute approximate surface area is 157 Å². The Balaban J connectivity index is 1.76. The van der Waals surface area contributed by atoms with Crippen molar-refractivity contribution in [3.63, 3.8) is 0 Å². The highest BCUT2D eigenvalue weighted by atomic mass is 19.3. The molecule has 1 aromatic carbocycles. The minimum atomic E-state index is -2.87. The molecule has 2 N–H and O–H groups in total. The second kappa shape index (κ2) is 8.46.